The number of nitrogens with zero attached hydrogens (tertiary/aromatic N) is 1. The molecule has 0 radical (unpaired) electrons. The highest BCUT2D eigenvalue weighted by Crippen LogP contribution is 2.27. The summed E-state index contributed by atoms with van der Waals surface area (Å²) in [6, 6.07) is 2.18. The largest absolute Gasteiger partial charge is 0.481 e. The molecular weight excluding hydrogens is 316 g/mol. The minimum absolute atomic E-state index is 0.0758. The number of piperazine rings is 1. The Labute approximate surface area is 126 Å². The molecule has 2 rings (SSSR count). The zero-order chi connectivity index (χ0) is 15.6. The summed E-state index contributed by atoms with van der Waals surface area (Å²) in [6.45, 7) is 2.25. The molecule has 1 unspecified atom stereocenters. The molecule has 0 saturated carbocycles. The molecule has 1 aromatic heterocycles. The average Bonchev–Trinajstić information content (AvgIpc) is 2.86. The topological polar surface area (TPSA) is 104 Å². The van der Waals surface area contributed by atoms with Crippen LogP contribution < -0.4 is 5.32 Å². The summed E-state index contributed by atoms with van der Waals surface area (Å²) in [6.07, 6.45) is 0.177. The molecule has 2 heterocycles. The van der Waals surface area contributed by atoms with Crippen LogP contribution in [0.4, 0.5) is 0 Å². The predicted molar refractivity (Wildman–Crippen MR) is 76.6 cm³/mol. The maximum Gasteiger partial charge on any atom is 0.308 e. The van der Waals surface area contributed by atoms with Gasteiger partial charge in [-0.2, -0.15) is 4.31 Å². The molecule has 1 amide bonds. The van der Waals surface area contributed by atoms with Gasteiger partial charge in [0.2, 0.25) is 5.91 Å². The first-order valence-corrected chi connectivity index (χ1v) is 8.72. The van der Waals surface area contributed by atoms with Gasteiger partial charge in [0.05, 0.1) is 6.42 Å². The van der Waals surface area contributed by atoms with E-state index in [-0.39, 0.29) is 29.6 Å². The number of amides is 1. The SMILES string of the molecule is CCC1C(=O)NCCN1S(=O)(=O)c1ccc(CC(=O)O)s1. The van der Waals surface area contributed by atoms with Gasteiger partial charge in [0.25, 0.3) is 10.0 Å². The number of hydrogen-bond acceptors (Lipinski definition) is 5. The Morgan fingerprint density at radius 1 is 1.52 bits per heavy atom. The van der Waals surface area contributed by atoms with Gasteiger partial charge < -0.3 is 10.4 Å². The number of carbonyl (C=O) groups is 2. The van der Waals surface area contributed by atoms with Gasteiger partial charge in [-0.25, -0.2) is 8.42 Å². The molecule has 1 saturated heterocycles. The highest BCUT2D eigenvalue weighted by molar-refractivity contribution is 7.91. The van der Waals surface area contributed by atoms with Gasteiger partial charge in [0.1, 0.15) is 10.3 Å². The Morgan fingerprint density at radius 2 is 2.24 bits per heavy atom. The molecular formula is C12H16N2O5S2. The number of rotatable bonds is 5. The molecule has 2 N–H and O–H groups in total. The quantitative estimate of drug-likeness (QED) is 0.806. The van der Waals surface area contributed by atoms with E-state index in [0.29, 0.717) is 11.3 Å². The van der Waals surface area contributed by atoms with E-state index >= 15 is 0 Å². The van der Waals surface area contributed by atoms with Crippen molar-refractivity contribution in [1.82, 2.24) is 9.62 Å². The fourth-order valence-electron chi connectivity index (χ4n) is 2.23. The van der Waals surface area contributed by atoms with Gasteiger partial charge in [-0.15, -0.1) is 11.3 Å². The van der Waals surface area contributed by atoms with Gasteiger partial charge in [0.15, 0.2) is 0 Å². The molecule has 0 spiro atoms. The maximum absolute atomic E-state index is 12.6. The van der Waals surface area contributed by atoms with Crippen LogP contribution in [0.2, 0.25) is 0 Å². The van der Waals surface area contributed by atoms with Crippen molar-refractivity contribution < 1.29 is 23.1 Å². The van der Waals surface area contributed by atoms with E-state index in [2.05, 4.69) is 5.32 Å². The monoisotopic (exact) mass is 332 g/mol. The number of carboxylic acids is 1. The molecule has 1 aromatic rings. The molecule has 116 valence electrons. The first-order valence-electron chi connectivity index (χ1n) is 6.46. The molecule has 1 aliphatic heterocycles. The van der Waals surface area contributed by atoms with E-state index in [0.717, 1.165) is 11.3 Å². The summed E-state index contributed by atoms with van der Waals surface area (Å²) in [5.41, 5.74) is 0. The third kappa shape index (κ3) is 3.25. The summed E-state index contributed by atoms with van der Waals surface area (Å²) in [5, 5.41) is 11.4. The zero-order valence-corrected chi connectivity index (χ0v) is 13.0. The second-order valence-electron chi connectivity index (χ2n) is 4.62. The van der Waals surface area contributed by atoms with E-state index < -0.39 is 22.0 Å². The van der Waals surface area contributed by atoms with Crippen molar-refractivity contribution in [3.8, 4) is 0 Å². The normalized spacial score (nSPS) is 20.2. The molecule has 0 bridgehead atoms. The number of nitrogens with one attached hydrogen (secondary N) is 1. The summed E-state index contributed by atoms with van der Waals surface area (Å²) in [4.78, 5) is 22.9. The minimum Gasteiger partial charge on any atom is -0.481 e. The van der Waals surface area contributed by atoms with Gasteiger partial charge in [-0.3, -0.25) is 9.59 Å². The first kappa shape index (κ1) is 15.9. The number of hydrogen-bond donors (Lipinski definition) is 2. The van der Waals surface area contributed by atoms with Crippen molar-refractivity contribution in [2.45, 2.75) is 30.0 Å². The van der Waals surface area contributed by atoms with E-state index in [9.17, 15) is 18.0 Å². The van der Waals surface area contributed by atoms with Crippen LogP contribution >= 0.6 is 11.3 Å². The molecule has 1 atom stereocenters. The van der Waals surface area contributed by atoms with Crippen LogP contribution in [0.25, 0.3) is 0 Å². The lowest BCUT2D eigenvalue weighted by atomic mass is 10.2. The van der Waals surface area contributed by atoms with E-state index in [1.807, 2.05) is 0 Å². The molecule has 0 aliphatic carbocycles. The summed E-state index contributed by atoms with van der Waals surface area (Å²) in [5.74, 6) is -1.31. The van der Waals surface area contributed by atoms with Crippen molar-refractivity contribution >= 4 is 33.2 Å². The second-order valence-corrected chi connectivity index (χ2v) is 7.91. The van der Waals surface area contributed by atoms with Crippen LogP contribution in [-0.2, 0) is 26.0 Å². The van der Waals surface area contributed by atoms with Crippen molar-refractivity contribution in [3.05, 3.63) is 17.0 Å². The number of sulfonamides is 1. The van der Waals surface area contributed by atoms with Crippen LogP contribution in [0.1, 0.15) is 18.2 Å². The number of carboxylic acid groups (broad SMARTS) is 1. The summed E-state index contributed by atoms with van der Waals surface area (Å²) < 4.78 is 26.5. The van der Waals surface area contributed by atoms with E-state index in [4.69, 9.17) is 5.11 Å². The van der Waals surface area contributed by atoms with Gasteiger partial charge in [0, 0.05) is 18.0 Å². The third-order valence-corrected chi connectivity index (χ3v) is 6.65. The second kappa shape index (κ2) is 6.12. The molecule has 1 aliphatic rings. The predicted octanol–water partition coefficient (Wildman–Crippen LogP) is 0.274. The zero-order valence-electron chi connectivity index (χ0n) is 11.4. The van der Waals surface area contributed by atoms with Crippen molar-refractivity contribution in [3.63, 3.8) is 0 Å². The lowest BCUT2D eigenvalue weighted by Crippen LogP contribution is -2.56. The minimum atomic E-state index is -3.77. The van der Waals surface area contributed by atoms with Crippen LogP contribution in [0.15, 0.2) is 16.3 Å². The van der Waals surface area contributed by atoms with E-state index in [1.165, 1.54) is 16.4 Å². The summed E-state index contributed by atoms with van der Waals surface area (Å²) in [7, 11) is -3.77. The Kier molecular flexibility index (Phi) is 4.64. The fourth-order valence-corrected chi connectivity index (χ4v) is 5.37. The molecule has 0 aromatic carbocycles. The van der Waals surface area contributed by atoms with E-state index in [1.54, 1.807) is 6.92 Å². The smallest absolute Gasteiger partial charge is 0.308 e. The molecule has 1 fully saturated rings. The third-order valence-electron chi connectivity index (χ3n) is 3.19. The molecule has 9 heteroatoms. The van der Waals surface area contributed by atoms with Gasteiger partial charge in [-0.1, -0.05) is 6.92 Å². The van der Waals surface area contributed by atoms with Gasteiger partial charge >= 0.3 is 5.97 Å². The highest BCUT2D eigenvalue weighted by atomic mass is 32.2. The average molecular weight is 332 g/mol. The number of thiophene rings is 1. The number of carbonyl (C=O) groups excluding carboxylic acids is 1. The number of aliphatic carboxylic acids is 1. The van der Waals surface area contributed by atoms with Crippen molar-refractivity contribution in [2.75, 3.05) is 13.1 Å². The van der Waals surface area contributed by atoms with Gasteiger partial charge in [-0.05, 0) is 18.6 Å². The lowest BCUT2D eigenvalue weighted by Gasteiger charge is -2.32. The molecule has 7 nitrogen and oxygen atoms in total. The summed E-state index contributed by atoms with van der Waals surface area (Å²) >= 11 is 0.933. The Hall–Kier alpha value is -1.45. The Balaban J connectivity index is 2.30. The fraction of sp³-hybridized carbons (Fsp3) is 0.500. The van der Waals surface area contributed by atoms with Crippen LogP contribution in [0, 0.1) is 0 Å². The maximum atomic E-state index is 12.6. The highest BCUT2D eigenvalue weighted by Gasteiger charge is 2.37. The first-order chi connectivity index (χ1) is 9.86. The van der Waals surface area contributed by atoms with Crippen molar-refractivity contribution in [1.29, 1.82) is 0 Å². The standard InChI is InChI=1S/C12H16N2O5S2/c1-2-9-12(17)13-5-6-14(9)21(18,19)11-4-3-8(20-11)7-10(15)16/h3-4,9H,2,5-7H2,1H3,(H,13,17)(H,15,16). The molecule has 21 heavy (non-hydrogen) atoms. The van der Waals surface area contributed by atoms with Crippen molar-refractivity contribution in [2.24, 2.45) is 0 Å². The Bertz CT molecular complexity index is 652. The lowest BCUT2D eigenvalue weighted by molar-refractivity contribution is -0.136. The Morgan fingerprint density at radius 3 is 2.86 bits per heavy atom. The van der Waals surface area contributed by atoms with Crippen LogP contribution in [0.5, 0.6) is 0 Å². The van der Waals surface area contributed by atoms with Crippen LogP contribution in [0.3, 0.4) is 0 Å². The van der Waals surface area contributed by atoms with Crippen LogP contribution in [-0.4, -0.2) is 48.8 Å².